The molecule has 3 heteroatoms. The van der Waals surface area contributed by atoms with Crippen LogP contribution in [-0.2, 0) is 4.74 Å². The second-order valence-corrected chi connectivity index (χ2v) is 2.76. The number of aliphatic hydroxyl groups is 1. The molecule has 1 fully saturated rings. The molecule has 0 aromatic carbocycles. The third-order valence-corrected chi connectivity index (χ3v) is 1.45. The van der Waals surface area contributed by atoms with Crippen molar-refractivity contribution in [3.63, 3.8) is 0 Å². The lowest BCUT2D eigenvalue weighted by molar-refractivity contribution is -0.223. The van der Waals surface area contributed by atoms with Gasteiger partial charge in [-0.1, -0.05) is 0 Å². The minimum Gasteiger partial charge on any atom is -0.365 e. The van der Waals surface area contributed by atoms with Gasteiger partial charge >= 0.3 is 0 Å². The monoisotopic (exact) mass is 131 g/mol. The molecule has 0 aromatic rings. The molecule has 1 aliphatic heterocycles. The van der Waals surface area contributed by atoms with Crippen molar-refractivity contribution >= 4 is 0 Å². The Morgan fingerprint density at radius 2 is 2.33 bits per heavy atom. The maximum atomic E-state index is 9.28. The molecule has 0 spiro atoms. The fourth-order valence-electron chi connectivity index (χ4n) is 1.05. The second kappa shape index (κ2) is 2.25. The standard InChI is InChI=1S/C6H13NO2/c1-6(8)5-7(2)3-4-9-6/h8H,3-5H2,1-2H3. The van der Waals surface area contributed by atoms with Gasteiger partial charge in [-0.2, -0.15) is 0 Å². The zero-order chi connectivity index (χ0) is 6.91. The van der Waals surface area contributed by atoms with Gasteiger partial charge in [0.25, 0.3) is 0 Å². The molecule has 54 valence electrons. The quantitative estimate of drug-likeness (QED) is 0.488. The van der Waals surface area contributed by atoms with Crippen molar-refractivity contribution in [2.45, 2.75) is 12.7 Å². The highest BCUT2D eigenvalue weighted by atomic mass is 16.6. The van der Waals surface area contributed by atoms with Crippen LogP contribution < -0.4 is 0 Å². The second-order valence-electron chi connectivity index (χ2n) is 2.76. The van der Waals surface area contributed by atoms with Gasteiger partial charge < -0.3 is 9.84 Å². The molecule has 0 amide bonds. The molecule has 9 heavy (non-hydrogen) atoms. The van der Waals surface area contributed by atoms with E-state index in [9.17, 15) is 5.11 Å². The number of rotatable bonds is 0. The number of hydrogen-bond donors (Lipinski definition) is 1. The molecule has 0 aromatic heterocycles. The van der Waals surface area contributed by atoms with E-state index in [1.807, 2.05) is 11.9 Å². The molecule has 1 rings (SSSR count). The van der Waals surface area contributed by atoms with Gasteiger partial charge in [-0.3, -0.25) is 4.90 Å². The van der Waals surface area contributed by atoms with Crippen LogP contribution in [0.15, 0.2) is 0 Å². The van der Waals surface area contributed by atoms with Crippen molar-refractivity contribution in [3.8, 4) is 0 Å². The van der Waals surface area contributed by atoms with Crippen LogP contribution in [0.3, 0.4) is 0 Å². The van der Waals surface area contributed by atoms with Crippen molar-refractivity contribution in [2.75, 3.05) is 26.7 Å². The van der Waals surface area contributed by atoms with Crippen LogP contribution in [0, 0.1) is 0 Å². The highest BCUT2D eigenvalue weighted by molar-refractivity contribution is 4.70. The van der Waals surface area contributed by atoms with E-state index >= 15 is 0 Å². The van der Waals surface area contributed by atoms with Crippen molar-refractivity contribution < 1.29 is 9.84 Å². The van der Waals surface area contributed by atoms with E-state index in [1.54, 1.807) is 6.92 Å². The predicted octanol–water partition coefficient (Wildman–Crippen LogP) is -0.343. The SMILES string of the molecule is CN1CCOC(C)(O)C1. The van der Waals surface area contributed by atoms with E-state index in [0.29, 0.717) is 13.2 Å². The first kappa shape index (κ1) is 6.99. The first-order valence-corrected chi connectivity index (χ1v) is 3.15. The highest BCUT2D eigenvalue weighted by Crippen LogP contribution is 2.11. The number of nitrogens with zero attached hydrogens (tertiary/aromatic N) is 1. The third-order valence-electron chi connectivity index (χ3n) is 1.45. The van der Waals surface area contributed by atoms with Gasteiger partial charge in [0.15, 0.2) is 5.79 Å². The van der Waals surface area contributed by atoms with Crippen molar-refractivity contribution in [1.82, 2.24) is 4.90 Å². The number of hydrogen-bond acceptors (Lipinski definition) is 3. The predicted molar refractivity (Wildman–Crippen MR) is 34.1 cm³/mol. The molecule has 1 unspecified atom stereocenters. The number of likely N-dealkylation sites (N-methyl/N-ethyl adjacent to an activating group) is 1. The Morgan fingerprint density at radius 3 is 2.67 bits per heavy atom. The average Bonchev–Trinajstić information content (AvgIpc) is 1.60. The Hall–Kier alpha value is -0.120. The molecule has 1 atom stereocenters. The van der Waals surface area contributed by atoms with Gasteiger partial charge in [0, 0.05) is 6.54 Å². The molecule has 1 N–H and O–H groups in total. The van der Waals surface area contributed by atoms with Gasteiger partial charge in [0.1, 0.15) is 0 Å². The summed E-state index contributed by atoms with van der Waals surface area (Å²) >= 11 is 0. The molecule has 1 aliphatic rings. The Balaban J connectivity index is 2.41. The first-order valence-electron chi connectivity index (χ1n) is 3.15. The van der Waals surface area contributed by atoms with E-state index in [1.165, 1.54) is 0 Å². The lowest BCUT2D eigenvalue weighted by Gasteiger charge is -2.34. The molecule has 1 saturated heterocycles. The smallest absolute Gasteiger partial charge is 0.175 e. The maximum Gasteiger partial charge on any atom is 0.175 e. The topological polar surface area (TPSA) is 32.7 Å². The van der Waals surface area contributed by atoms with Crippen LogP contribution in [0.4, 0.5) is 0 Å². The minimum atomic E-state index is -0.924. The molecule has 1 heterocycles. The largest absolute Gasteiger partial charge is 0.365 e. The van der Waals surface area contributed by atoms with Crippen molar-refractivity contribution in [3.05, 3.63) is 0 Å². The number of ether oxygens (including phenoxy) is 1. The summed E-state index contributed by atoms with van der Waals surface area (Å²) in [7, 11) is 1.97. The Bertz CT molecular complexity index is 103. The Kier molecular flexibility index (Phi) is 1.75. The molecule has 3 nitrogen and oxygen atoms in total. The summed E-state index contributed by atoms with van der Waals surface area (Å²) in [5.41, 5.74) is 0. The first-order chi connectivity index (χ1) is 4.10. The molecule has 0 radical (unpaired) electrons. The zero-order valence-electron chi connectivity index (χ0n) is 5.92. The summed E-state index contributed by atoms with van der Waals surface area (Å²) in [5.74, 6) is -0.924. The molecule has 0 aliphatic carbocycles. The Labute approximate surface area is 55.2 Å². The Morgan fingerprint density at radius 1 is 1.67 bits per heavy atom. The van der Waals surface area contributed by atoms with E-state index in [2.05, 4.69) is 0 Å². The lowest BCUT2D eigenvalue weighted by Crippen LogP contribution is -2.48. The third kappa shape index (κ3) is 1.93. The zero-order valence-corrected chi connectivity index (χ0v) is 5.92. The van der Waals surface area contributed by atoms with Gasteiger partial charge in [-0.05, 0) is 14.0 Å². The molecular weight excluding hydrogens is 118 g/mol. The van der Waals surface area contributed by atoms with E-state index in [-0.39, 0.29) is 0 Å². The highest BCUT2D eigenvalue weighted by Gasteiger charge is 2.26. The lowest BCUT2D eigenvalue weighted by atomic mass is 10.2. The van der Waals surface area contributed by atoms with Crippen LogP contribution >= 0.6 is 0 Å². The molecule has 0 saturated carbocycles. The fourth-order valence-corrected chi connectivity index (χ4v) is 1.05. The van der Waals surface area contributed by atoms with Gasteiger partial charge in [0.2, 0.25) is 0 Å². The molecule has 0 bridgehead atoms. The van der Waals surface area contributed by atoms with Gasteiger partial charge in [0.05, 0.1) is 13.2 Å². The summed E-state index contributed by atoms with van der Waals surface area (Å²) in [6.07, 6.45) is 0. The normalized spacial score (nSPS) is 39.0. The van der Waals surface area contributed by atoms with Gasteiger partial charge in [-0.25, -0.2) is 0 Å². The number of morpholine rings is 1. The van der Waals surface area contributed by atoms with Crippen LogP contribution in [0.2, 0.25) is 0 Å². The fraction of sp³-hybridized carbons (Fsp3) is 1.00. The minimum absolute atomic E-state index is 0.604. The van der Waals surface area contributed by atoms with E-state index in [4.69, 9.17) is 4.74 Å². The van der Waals surface area contributed by atoms with Crippen LogP contribution in [0.1, 0.15) is 6.92 Å². The summed E-state index contributed by atoms with van der Waals surface area (Å²) in [6.45, 7) is 3.83. The van der Waals surface area contributed by atoms with Crippen LogP contribution in [-0.4, -0.2) is 42.5 Å². The van der Waals surface area contributed by atoms with Crippen molar-refractivity contribution in [2.24, 2.45) is 0 Å². The summed E-state index contributed by atoms with van der Waals surface area (Å²) < 4.78 is 5.05. The van der Waals surface area contributed by atoms with Crippen LogP contribution in [0.25, 0.3) is 0 Å². The van der Waals surface area contributed by atoms with Crippen molar-refractivity contribution in [1.29, 1.82) is 0 Å². The van der Waals surface area contributed by atoms with Crippen LogP contribution in [0.5, 0.6) is 0 Å². The average molecular weight is 131 g/mol. The summed E-state index contributed by atoms with van der Waals surface area (Å²) in [4.78, 5) is 2.05. The molecular formula is C6H13NO2. The maximum absolute atomic E-state index is 9.28. The van der Waals surface area contributed by atoms with Gasteiger partial charge in [-0.15, -0.1) is 0 Å². The van der Waals surface area contributed by atoms with E-state index in [0.717, 1.165) is 6.54 Å². The van der Waals surface area contributed by atoms with E-state index < -0.39 is 5.79 Å². The summed E-state index contributed by atoms with van der Waals surface area (Å²) in [5, 5.41) is 9.28. The summed E-state index contributed by atoms with van der Waals surface area (Å²) in [6, 6.07) is 0. The number of β-amino-alcohol motifs (C(OH)–C–C–N with tert-alkyl or cyclic N) is 1.